The van der Waals surface area contributed by atoms with E-state index < -0.39 is 38.0 Å². The molecule has 2 fully saturated rings. The van der Waals surface area contributed by atoms with Gasteiger partial charge in [-0.2, -0.15) is 0 Å². The van der Waals surface area contributed by atoms with Gasteiger partial charge in [-0.25, -0.2) is 19.5 Å². The number of hydrogen-bond donors (Lipinski definition) is 3. The van der Waals surface area contributed by atoms with Crippen molar-refractivity contribution in [1.82, 2.24) is 24.5 Å². The van der Waals surface area contributed by atoms with Crippen LogP contribution in [0.25, 0.3) is 22.5 Å². The number of nitrogens with two attached hydrogens (primary N) is 1. The molecular formula is C23H25N6O8P. The molecule has 0 radical (unpaired) electrons. The van der Waals surface area contributed by atoms with Crippen molar-refractivity contribution in [2.24, 2.45) is 0 Å². The number of nitrogen functional groups attached to an aromatic ring is 1. The molecule has 0 aliphatic carbocycles. The molecule has 15 heteroatoms. The third-order valence-corrected chi connectivity index (χ3v) is 8.09. The molecule has 6 atom stereocenters. The van der Waals surface area contributed by atoms with E-state index in [-0.39, 0.29) is 19.0 Å². The van der Waals surface area contributed by atoms with Crippen LogP contribution in [0, 0.1) is 0 Å². The van der Waals surface area contributed by atoms with E-state index >= 15 is 0 Å². The molecule has 0 bridgehead atoms. The zero-order valence-corrected chi connectivity index (χ0v) is 21.0. The molecule has 6 heterocycles. The van der Waals surface area contributed by atoms with E-state index in [9.17, 15) is 14.8 Å². The molecule has 38 heavy (non-hydrogen) atoms. The molecule has 1 unspecified atom stereocenters. The summed E-state index contributed by atoms with van der Waals surface area (Å²) in [6.07, 6.45) is 3.72. The van der Waals surface area contributed by atoms with Crippen LogP contribution in [0.15, 0.2) is 53.9 Å². The summed E-state index contributed by atoms with van der Waals surface area (Å²) < 4.78 is 42.8. The third-order valence-electron chi connectivity index (χ3n) is 6.61. The maximum atomic E-state index is 13.3. The Balaban J connectivity index is 1.16. The SMILES string of the molecule is C[C@@]1(O)[C@H](O)[C@@H](COP2(=O)OCC[C@@H](c3cncc(-c4ccco4)c3)O2)O[C@H]1n1cnc2c(N)ncnc21. The highest BCUT2D eigenvalue weighted by Crippen LogP contribution is 2.57. The van der Waals surface area contributed by atoms with Crippen molar-refractivity contribution in [2.75, 3.05) is 18.9 Å². The summed E-state index contributed by atoms with van der Waals surface area (Å²) in [5.74, 6) is 0.801. The van der Waals surface area contributed by atoms with Gasteiger partial charge >= 0.3 is 7.82 Å². The molecule has 6 rings (SSSR count). The van der Waals surface area contributed by atoms with Gasteiger partial charge in [0.25, 0.3) is 0 Å². The first kappa shape index (κ1) is 25.1. The number of hydrogen-bond acceptors (Lipinski definition) is 13. The average Bonchev–Trinajstić information content (AvgIpc) is 3.64. The number of phosphoric acid groups is 1. The predicted molar refractivity (Wildman–Crippen MR) is 130 cm³/mol. The van der Waals surface area contributed by atoms with Crippen LogP contribution in [0.2, 0.25) is 0 Å². The number of aliphatic hydroxyl groups is 2. The molecule has 200 valence electrons. The Labute approximate surface area is 216 Å². The fourth-order valence-electron chi connectivity index (χ4n) is 4.60. The van der Waals surface area contributed by atoms with Gasteiger partial charge in [0.1, 0.15) is 35.4 Å². The summed E-state index contributed by atoms with van der Waals surface area (Å²) in [5.41, 5.74) is 6.15. The third kappa shape index (κ3) is 4.39. The number of imidazole rings is 1. The number of ether oxygens (including phenoxy) is 1. The first-order valence-electron chi connectivity index (χ1n) is 11.8. The Bertz CT molecular complexity index is 1490. The van der Waals surface area contributed by atoms with Gasteiger partial charge in [0.15, 0.2) is 17.7 Å². The quantitative estimate of drug-likeness (QED) is 0.300. The molecule has 2 saturated heterocycles. The zero-order chi connectivity index (χ0) is 26.5. The van der Waals surface area contributed by atoms with Crippen molar-refractivity contribution in [3.05, 3.63) is 55.1 Å². The van der Waals surface area contributed by atoms with E-state index in [1.165, 1.54) is 24.1 Å². The maximum absolute atomic E-state index is 13.3. The van der Waals surface area contributed by atoms with E-state index in [0.717, 1.165) is 5.56 Å². The van der Waals surface area contributed by atoms with Crippen molar-refractivity contribution < 1.29 is 37.5 Å². The van der Waals surface area contributed by atoms with Crippen LogP contribution in [-0.4, -0.2) is 65.7 Å². The van der Waals surface area contributed by atoms with Gasteiger partial charge in [0.2, 0.25) is 0 Å². The summed E-state index contributed by atoms with van der Waals surface area (Å²) in [4.78, 5) is 16.5. The molecule has 0 aromatic carbocycles. The fourth-order valence-corrected chi connectivity index (χ4v) is 5.99. The number of nitrogens with zero attached hydrogens (tertiary/aromatic N) is 5. The zero-order valence-electron chi connectivity index (χ0n) is 20.2. The number of aromatic nitrogens is 5. The lowest BCUT2D eigenvalue weighted by Crippen LogP contribution is -2.44. The van der Waals surface area contributed by atoms with Crippen LogP contribution in [0.1, 0.15) is 31.2 Å². The molecule has 0 amide bonds. The highest BCUT2D eigenvalue weighted by Gasteiger charge is 2.54. The highest BCUT2D eigenvalue weighted by atomic mass is 31.2. The Morgan fingerprint density at radius 1 is 1.32 bits per heavy atom. The van der Waals surface area contributed by atoms with E-state index in [0.29, 0.717) is 28.9 Å². The van der Waals surface area contributed by atoms with E-state index in [1.807, 2.05) is 12.1 Å². The van der Waals surface area contributed by atoms with Crippen LogP contribution in [0.5, 0.6) is 0 Å². The molecular weight excluding hydrogens is 519 g/mol. The molecule has 4 N–H and O–H groups in total. The number of pyridine rings is 1. The van der Waals surface area contributed by atoms with Gasteiger partial charge in [-0.1, -0.05) is 0 Å². The van der Waals surface area contributed by atoms with E-state index in [1.54, 1.807) is 24.7 Å². The number of rotatable bonds is 6. The number of furan rings is 1. The van der Waals surface area contributed by atoms with E-state index in [4.69, 9.17) is 28.5 Å². The second-order valence-corrected chi connectivity index (χ2v) is 10.8. The van der Waals surface area contributed by atoms with Gasteiger partial charge in [0, 0.05) is 29.9 Å². The average molecular weight is 544 g/mol. The van der Waals surface area contributed by atoms with Crippen LogP contribution in [0.4, 0.5) is 5.82 Å². The predicted octanol–water partition coefficient (Wildman–Crippen LogP) is 2.38. The molecule has 2 aliphatic heterocycles. The van der Waals surface area contributed by atoms with Gasteiger partial charge in [-0.15, -0.1) is 0 Å². The summed E-state index contributed by atoms with van der Waals surface area (Å²) in [6.45, 7) is 1.14. The first-order chi connectivity index (χ1) is 18.2. The molecule has 0 spiro atoms. The van der Waals surface area contributed by atoms with Gasteiger partial charge in [-0.3, -0.25) is 23.1 Å². The monoisotopic (exact) mass is 544 g/mol. The van der Waals surface area contributed by atoms with Crippen LogP contribution < -0.4 is 5.73 Å². The number of phosphoric ester groups is 1. The molecule has 0 saturated carbocycles. The highest BCUT2D eigenvalue weighted by molar-refractivity contribution is 7.48. The normalized spacial score (nSPS) is 31.7. The second-order valence-electron chi connectivity index (χ2n) is 9.22. The molecule has 2 aliphatic rings. The van der Waals surface area contributed by atoms with Crippen molar-refractivity contribution in [1.29, 1.82) is 0 Å². The number of fused-ring (bicyclic) bond motifs is 1. The van der Waals surface area contributed by atoms with Crippen molar-refractivity contribution in [3.63, 3.8) is 0 Å². The number of anilines is 1. The van der Waals surface area contributed by atoms with Crippen molar-refractivity contribution >= 4 is 24.8 Å². The van der Waals surface area contributed by atoms with Crippen LogP contribution >= 0.6 is 7.82 Å². The lowest BCUT2D eigenvalue weighted by molar-refractivity contribution is -0.0953. The van der Waals surface area contributed by atoms with Crippen molar-refractivity contribution in [2.45, 2.75) is 43.5 Å². The van der Waals surface area contributed by atoms with Gasteiger partial charge < -0.3 is 25.1 Å². The number of aliphatic hydroxyl groups excluding tert-OH is 1. The van der Waals surface area contributed by atoms with Gasteiger partial charge in [-0.05, 0) is 25.1 Å². The molecule has 4 aromatic heterocycles. The smallest absolute Gasteiger partial charge is 0.464 e. The molecule has 14 nitrogen and oxygen atoms in total. The fraction of sp³-hybridized carbons (Fsp3) is 0.391. The second kappa shape index (κ2) is 9.50. The lowest BCUT2D eigenvalue weighted by atomic mass is 9.96. The summed E-state index contributed by atoms with van der Waals surface area (Å²) in [7, 11) is -4.04. The van der Waals surface area contributed by atoms with E-state index in [2.05, 4.69) is 19.9 Å². The summed E-state index contributed by atoms with van der Waals surface area (Å²) in [6, 6.07) is 5.42. The van der Waals surface area contributed by atoms with Crippen LogP contribution in [-0.2, 0) is 22.9 Å². The first-order valence-corrected chi connectivity index (χ1v) is 13.3. The minimum atomic E-state index is -4.04. The minimum absolute atomic E-state index is 0.115. The van der Waals surface area contributed by atoms with Gasteiger partial charge in [0.05, 0.1) is 31.9 Å². The topological polar surface area (TPSA) is 190 Å². The Hall–Kier alpha value is -3.23. The maximum Gasteiger partial charge on any atom is 0.475 e. The Morgan fingerprint density at radius 3 is 3.00 bits per heavy atom. The minimum Gasteiger partial charge on any atom is -0.464 e. The Kier molecular flexibility index (Phi) is 6.27. The lowest BCUT2D eigenvalue weighted by Gasteiger charge is -2.30. The van der Waals surface area contributed by atoms with Crippen molar-refractivity contribution in [3.8, 4) is 11.3 Å². The standard InChI is InChI=1S/C23H25N6O8P/c1-23(31)19(30)17(36-22(23)29-12-28-18-20(24)26-11-27-21(18)29)10-35-38(32)34-6-4-16(37-38)14-7-13(8-25-9-14)15-3-2-5-33-15/h2-3,5,7-9,11-12,16-17,19,22,30-31H,4,6,10H2,1H3,(H2,24,26,27)/t16-,17+,19+,22+,23+,38?/m0/s1. The summed E-state index contributed by atoms with van der Waals surface area (Å²) in [5, 5.41) is 21.9. The molecule has 4 aromatic rings. The Morgan fingerprint density at radius 2 is 2.18 bits per heavy atom. The summed E-state index contributed by atoms with van der Waals surface area (Å²) >= 11 is 0. The van der Waals surface area contributed by atoms with Crippen LogP contribution in [0.3, 0.4) is 0 Å². The largest absolute Gasteiger partial charge is 0.475 e.